The summed E-state index contributed by atoms with van der Waals surface area (Å²) in [4.78, 5) is 10.3. The van der Waals surface area contributed by atoms with Crippen molar-refractivity contribution in [3.8, 4) is 0 Å². The van der Waals surface area contributed by atoms with Crippen LogP contribution in [0.5, 0.6) is 0 Å². The van der Waals surface area contributed by atoms with Gasteiger partial charge in [0.15, 0.2) is 0 Å². The molecule has 0 aromatic carbocycles. The molecule has 0 saturated carbocycles. The first kappa shape index (κ1) is 17.7. The highest BCUT2D eigenvalue weighted by atomic mass is 16.6. The van der Waals surface area contributed by atoms with Crippen LogP contribution in [0.15, 0.2) is 0 Å². The summed E-state index contributed by atoms with van der Waals surface area (Å²) in [6.45, 7) is 3.24. The minimum absolute atomic E-state index is 0.0213. The van der Waals surface area contributed by atoms with Crippen molar-refractivity contribution in [3.63, 3.8) is 0 Å². The van der Waals surface area contributed by atoms with Gasteiger partial charge in [-0.3, -0.25) is 4.79 Å². The molecule has 0 aliphatic heterocycles. The largest absolute Gasteiger partial charge is 0.463 e. The number of carbonyl (C=O) groups excluding carboxylic acids is 1. The summed E-state index contributed by atoms with van der Waals surface area (Å²) in [6, 6.07) is 0. The van der Waals surface area contributed by atoms with Gasteiger partial charge in [0.2, 0.25) is 0 Å². The number of rotatable bonds is 8. The first-order valence-electron chi connectivity index (χ1n) is 4.98. The van der Waals surface area contributed by atoms with Gasteiger partial charge in [0.25, 0.3) is 0 Å². The first-order valence-corrected chi connectivity index (χ1v) is 4.98. The molecule has 16 heavy (non-hydrogen) atoms. The van der Waals surface area contributed by atoms with Gasteiger partial charge in [-0.1, -0.05) is 0 Å². The predicted molar refractivity (Wildman–Crippen MR) is 58.3 cm³/mol. The lowest BCUT2D eigenvalue weighted by Crippen LogP contribution is -2.12. The number of esters is 1. The lowest BCUT2D eigenvalue weighted by atomic mass is 10.7. The summed E-state index contributed by atoms with van der Waals surface area (Å²) < 4.78 is 18.8. The van der Waals surface area contributed by atoms with Crippen molar-refractivity contribution in [2.24, 2.45) is 0 Å². The molecule has 98 valence electrons. The van der Waals surface area contributed by atoms with Gasteiger partial charge >= 0.3 is 5.97 Å². The molecule has 0 heterocycles. The fourth-order valence-corrected chi connectivity index (χ4v) is 0.631. The summed E-state index contributed by atoms with van der Waals surface area (Å²) in [5, 5.41) is 8.34. The van der Waals surface area contributed by atoms with E-state index in [2.05, 4.69) is 9.47 Å². The minimum Gasteiger partial charge on any atom is -0.463 e. The Labute approximate surface area is 96.4 Å². The van der Waals surface area contributed by atoms with E-state index < -0.39 is 0 Å². The molecule has 0 aliphatic carbocycles. The predicted octanol–water partition coefficient (Wildman–Crippen LogP) is -0.162. The van der Waals surface area contributed by atoms with Crippen molar-refractivity contribution in [2.75, 3.05) is 53.9 Å². The van der Waals surface area contributed by atoms with Gasteiger partial charge in [-0.15, -0.1) is 0 Å². The van der Waals surface area contributed by atoms with Gasteiger partial charge in [-0.05, 0) is 0 Å². The fraction of sp³-hybridized carbons (Fsp3) is 0.900. The number of ether oxygens (including phenoxy) is 4. The van der Waals surface area contributed by atoms with E-state index >= 15 is 0 Å². The monoisotopic (exact) mass is 238 g/mol. The molecule has 0 atom stereocenters. The first-order chi connectivity index (χ1) is 7.68. The van der Waals surface area contributed by atoms with E-state index in [4.69, 9.17) is 14.6 Å². The van der Waals surface area contributed by atoms with Crippen molar-refractivity contribution in [1.29, 1.82) is 0 Å². The molecule has 0 amide bonds. The minimum atomic E-state index is -0.305. The topological polar surface area (TPSA) is 74.2 Å². The summed E-state index contributed by atoms with van der Waals surface area (Å²) in [7, 11) is 3.25. The maximum Gasteiger partial charge on any atom is 0.302 e. The Balaban J connectivity index is 0. The summed E-state index contributed by atoms with van der Waals surface area (Å²) >= 11 is 0. The number of aliphatic hydroxyl groups excluding tert-OH is 1. The quantitative estimate of drug-likeness (QED) is 0.468. The molecule has 0 aliphatic rings. The van der Waals surface area contributed by atoms with E-state index in [0.29, 0.717) is 26.4 Å². The van der Waals surface area contributed by atoms with Crippen molar-refractivity contribution in [2.45, 2.75) is 6.92 Å². The van der Waals surface area contributed by atoms with Gasteiger partial charge in [0.1, 0.15) is 6.61 Å². The zero-order valence-corrected chi connectivity index (χ0v) is 10.2. The number of hydrogen-bond donors (Lipinski definition) is 1. The molecule has 0 spiro atoms. The molecular weight excluding hydrogens is 216 g/mol. The molecule has 0 rings (SSSR count). The maximum absolute atomic E-state index is 10.3. The molecule has 6 heteroatoms. The molecule has 6 nitrogen and oxygen atoms in total. The third-order valence-electron chi connectivity index (χ3n) is 1.14. The van der Waals surface area contributed by atoms with Crippen molar-refractivity contribution < 1.29 is 28.8 Å². The van der Waals surface area contributed by atoms with Gasteiger partial charge in [-0.25, -0.2) is 0 Å². The van der Waals surface area contributed by atoms with E-state index in [1.54, 1.807) is 14.2 Å². The van der Waals surface area contributed by atoms with E-state index in [0.717, 1.165) is 0 Å². The number of carbonyl (C=O) groups is 1. The van der Waals surface area contributed by atoms with Crippen LogP contribution >= 0.6 is 0 Å². The van der Waals surface area contributed by atoms with Crippen molar-refractivity contribution in [1.82, 2.24) is 0 Å². The smallest absolute Gasteiger partial charge is 0.302 e. The molecule has 0 aromatic rings. The second kappa shape index (κ2) is 16.7. The van der Waals surface area contributed by atoms with Gasteiger partial charge < -0.3 is 24.1 Å². The van der Waals surface area contributed by atoms with E-state index in [-0.39, 0.29) is 19.2 Å². The Kier molecular flexibility index (Phi) is 18.5. The zero-order chi connectivity index (χ0) is 12.6. The maximum atomic E-state index is 10.3. The standard InChI is InChI=1S/C8H16O5.C2H6O/c1-8(10)13-7-6-12-5-4-11-3-2-9;1-3-2/h9H,2-7H2,1H3;1-2H3. The molecule has 0 aromatic heterocycles. The third-order valence-corrected chi connectivity index (χ3v) is 1.14. The average Bonchev–Trinajstić information content (AvgIpc) is 2.23. The molecule has 0 unspecified atom stereocenters. The van der Waals surface area contributed by atoms with E-state index in [1.807, 2.05) is 0 Å². The molecule has 1 N–H and O–H groups in total. The van der Waals surface area contributed by atoms with Crippen molar-refractivity contribution >= 4 is 5.97 Å². The highest BCUT2D eigenvalue weighted by Crippen LogP contribution is 1.81. The summed E-state index contributed by atoms with van der Waals surface area (Å²) in [6.07, 6.45) is 0. The molecule has 0 fully saturated rings. The Morgan fingerprint density at radius 3 is 1.88 bits per heavy atom. The molecule has 0 saturated heterocycles. The summed E-state index contributed by atoms with van der Waals surface area (Å²) in [5.74, 6) is -0.305. The normalized spacial score (nSPS) is 9.25. The highest BCUT2D eigenvalue weighted by molar-refractivity contribution is 5.65. The average molecular weight is 238 g/mol. The van der Waals surface area contributed by atoms with E-state index in [1.165, 1.54) is 6.92 Å². The fourth-order valence-electron chi connectivity index (χ4n) is 0.631. The van der Waals surface area contributed by atoms with Crippen LogP contribution in [0.25, 0.3) is 0 Å². The van der Waals surface area contributed by atoms with Crippen LogP contribution in [-0.4, -0.2) is 64.9 Å². The Hall–Kier alpha value is -0.690. The number of aliphatic hydroxyl groups is 1. The van der Waals surface area contributed by atoms with Crippen LogP contribution in [0, 0.1) is 0 Å². The van der Waals surface area contributed by atoms with Gasteiger partial charge in [-0.2, -0.15) is 0 Å². The summed E-state index contributed by atoms with van der Waals surface area (Å²) in [5.41, 5.74) is 0. The van der Waals surface area contributed by atoms with Crippen LogP contribution in [0.2, 0.25) is 0 Å². The number of hydrogen-bond acceptors (Lipinski definition) is 6. The SMILES string of the molecule is CC(=O)OCCOCCOCCO.COC. The number of methoxy groups -OCH3 is 1. The lowest BCUT2D eigenvalue weighted by Gasteiger charge is -2.04. The second-order valence-electron chi connectivity index (χ2n) is 2.70. The molecule has 0 bridgehead atoms. The van der Waals surface area contributed by atoms with Gasteiger partial charge in [0.05, 0.1) is 33.0 Å². The molecule has 0 radical (unpaired) electrons. The van der Waals surface area contributed by atoms with Gasteiger partial charge in [0, 0.05) is 21.1 Å². The highest BCUT2D eigenvalue weighted by Gasteiger charge is 1.92. The van der Waals surface area contributed by atoms with Crippen LogP contribution in [-0.2, 0) is 23.7 Å². The second-order valence-corrected chi connectivity index (χ2v) is 2.70. The molecular formula is C10H22O6. The van der Waals surface area contributed by atoms with Crippen LogP contribution in [0.3, 0.4) is 0 Å². The van der Waals surface area contributed by atoms with E-state index in [9.17, 15) is 4.79 Å². The Morgan fingerprint density at radius 1 is 1.00 bits per heavy atom. The zero-order valence-electron chi connectivity index (χ0n) is 10.2. The third kappa shape index (κ3) is 23.3. The van der Waals surface area contributed by atoms with Crippen LogP contribution in [0.4, 0.5) is 0 Å². The lowest BCUT2D eigenvalue weighted by molar-refractivity contribution is -0.142. The van der Waals surface area contributed by atoms with Crippen molar-refractivity contribution in [3.05, 3.63) is 0 Å². The van der Waals surface area contributed by atoms with Crippen LogP contribution < -0.4 is 0 Å². The Bertz CT molecular complexity index is 139. The Morgan fingerprint density at radius 2 is 1.44 bits per heavy atom. The van der Waals surface area contributed by atoms with Crippen LogP contribution in [0.1, 0.15) is 6.92 Å².